The molecule has 1 aliphatic rings. The fourth-order valence-electron chi connectivity index (χ4n) is 3.95. The monoisotopic (exact) mass is 384 g/mol. The third-order valence-corrected chi connectivity index (χ3v) is 5.46. The molecule has 6 heteroatoms. The predicted molar refractivity (Wildman–Crippen MR) is 111 cm³/mol. The molecule has 0 aliphatic carbocycles. The van der Waals surface area contributed by atoms with Crippen molar-refractivity contribution in [3.05, 3.63) is 58.4 Å². The molecule has 0 fully saturated rings. The molecule has 2 aromatic rings. The zero-order chi connectivity index (χ0) is 19.6. The van der Waals surface area contributed by atoms with Gasteiger partial charge in [0.1, 0.15) is 0 Å². The summed E-state index contributed by atoms with van der Waals surface area (Å²) in [6, 6.07) is 7.38. The summed E-state index contributed by atoms with van der Waals surface area (Å²) in [5.41, 5.74) is 6.39. The average Bonchev–Trinajstić information content (AvgIpc) is 2.63. The number of carbonyl (C=O) groups is 1. The van der Waals surface area contributed by atoms with Crippen molar-refractivity contribution in [1.29, 1.82) is 0 Å². The van der Waals surface area contributed by atoms with E-state index in [0.717, 1.165) is 18.5 Å². The van der Waals surface area contributed by atoms with Crippen LogP contribution in [0.25, 0.3) is 0 Å². The van der Waals surface area contributed by atoms with E-state index in [4.69, 9.17) is 11.6 Å². The highest BCUT2D eigenvalue weighted by molar-refractivity contribution is 6.33. The molecule has 3 rings (SSSR count). The third-order valence-electron chi connectivity index (χ3n) is 5.13. The lowest BCUT2D eigenvalue weighted by Crippen LogP contribution is -2.48. The lowest BCUT2D eigenvalue weighted by molar-refractivity contribution is 0.0955. The molecule has 1 aromatic heterocycles. The number of aromatic nitrogens is 1. The molecule has 1 unspecified atom stereocenters. The first-order chi connectivity index (χ1) is 12.8. The largest absolute Gasteiger partial charge is 0.366 e. The van der Waals surface area contributed by atoms with Crippen molar-refractivity contribution in [1.82, 2.24) is 10.4 Å². The number of rotatable bonds is 4. The van der Waals surface area contributed by atoms with Crippen LogP contribution >= 0.6 is 11.6 Å². The molecule has 0 saturated heterocycles. The van der Waals surface area contributed by atoms with Crippen molar-refractivity contribution >= 4 is 29.4 Å². The maximum Gasteiger partial charge on any atom is 0.271 e. The van der Waals surface area contributed by atoms with Gasteiger partial charge < -0.3 is 4.90 Å². The van der Waals surface area contributed by atoms with E-state index < -0.39 is 0 Å². The number of hydrogen-bond donors (Lipinski definition) is 1. The van der Waals surface area contributed by atoms with Crippen LogP contribution < -0.4 is 10.3 Å². The van der Waals surface area contributed by atoms with E-state index in [-0.39, 0.29) is 11.4 Å². The van der Waals surface area contributed by atoms with E-state index in [0.29, 0.717) is 16.5 Å². The molecule has 5 nitrogen and oxygen atoms in total. The topological polar surface area (TPSA) is 57.6 Å². The van der Waals surface area contributed by atoms with Crippen molar-refractivity contribution in [2.45, 2.75) is 45.6 Å². The Morgan fingerprint density at radius 3 is 2.78 bits per heavy atom. The first-order valence-corrected chi connectivity index (χ1v) is 9.56. The summed E-state index contributed by atoms with van der Waals surface area (Å²) >= 11 is 6.52. The number of benzene rings is 1. The van der Waals surface area contributed by atoms with Gasteiger partial charge in [-0.3, -0.25) is 9.78 Å². The van der Waals surface area contributed by atoms with Crippen LogP contribution in [0.5, 0.6) is 0 Å². The number of nitrogens with zero attached hydrogens (tertiary/aromatic N) is 3. The minimum absolute atomic E-state index is 0.0959. The van der Waals surface area contributed by atoms with E-state index in [1.54, 1.807) is 30.7 Å². The Bertz CT molecular complexity index is 864. The quantitative estimate of drug-likeness (QED) is 0.618. The molecule has 1 N–H and O–H groups in total. The van der Waals surface area contributed by atoms with Gasteiger partial charge in [-0.15, -0.1) is 0 Å². The number of anilines is 1. The number of hydrogen-bond acceptors (Lipinski definition) is 4. The van der Waals surface area contributed by atoms with Gasteiger partial charge in [0.05, 0.1) is 11.2 Å². The molecule has 0 saturated carbocycles. The maximum atomic E-state index is 12.1. The van der Waals surface area contributed by atoms with Gasteiger partial charge in [0.15, 0.2) is 0 Å². The highest BCUT2D eigenvalue weighted by Gasteiger charge is 2.35. The molecule has 0 spiro atoms. The van der Waals surface area contributed by atoms with Crippen LogP contribution in [-0.4, -0.2) is 29.2 Å². The number of nitrogens with one attached hydrogen (secondary N) is 1. The summed E-state index contributed by atoms with van der Waals surface area (Å²) in [5.74, 6) is 0.142. The van der Waals surface area contributed by atoms with E-state index in [9.17, 15) is 4.79 Å². The van der Waals surface area contributed by atoms with E-state index in [1.165, 1.54) is 11.3 Å². The molecular weight excluding hydrogens is 360 g/mol. The van der Waals surface area contributed by atoms with E-state index in [2.05, 4.69) is 54.2 Å². The van der Waals surface area contributed by atoms with Gasteiger partial charge in [-0.25, -0.2) is 5.43 Å². The number of carbonyl (C=O) groups excluding carboxylic acids is 1. The smallest absolute Gasteiger partial charge is 0.271 e. The summed E-state index contributed by atoms with van der Waals surface area (Å²) in [6.07, 6.45) is 5.82. The molecular formula is C21H25ClN4O. The highest BCUT2D eigenvalue weighted by Crippen LogP contribution is 2.44. The lowest BCUT2D eigenvalue weighted by Gasteiger charge is -2.47. The summed E-state index contributed by atoms with van der Waals surface area (Å²) in [4.78, 5) is 18.4. The number of hydrazone groups is 1. The zero-order valence-corrected chi connectivity index (χ0v) is 16.9. The molecule has 1 amide bonds. The Balaban J connectivity index is 1.84. The fraction of sp³-hybridized carbons (Fsp3) is 0.381. The normalized spacial score (nSPS) is 18.4. The van der Waals surface area contributed by atoms with E-state index in [1.807, 2.05) is 6.07 Å². The van der Waals surface area contributed by atoms with Gasteiger partial charge in [0, 0.05) is 41.3 Å². The van der Waals surface area contributed by atoms with Crippen LogP contribution in [0.3, 0.4) is 0 Å². The minimum Gasteiger partial charge on any atom is -0.366 e. The standard InChI is InChI=1S/C21H25ClN4O/c1-5-26-19-11-18(22)16(10-17(19)14(2)12-21(26,3)4)13-24-25-20(27)15-6-8-23-9-7-15/h6-11,13-14H,5,12H2,1-4H3,(H,25,27)/b24-13-. The molecule has 1 aliphatic heterocycles. The summed E-state index contributed by atoms with van der Waals surface area (Å²) < 4.78 is 0. The Morgan fingerprint density at radius 1 is 1.41 bits per heavy atom. The zero-order valence-electron chi connectivity index (χ0n) is 16.2. The van der Waals surface area contributed by atoms with Gasteiger partial charge in [-0.05, 0) is 62.9 Å². The van der Waals surface area contributed by atoms with Crippen LogP contribution in [0.2, 0.25) is 5.02 Å². The maximum absolute atomic E-state index is 12.1. The van der Waals surface area contributed by atoms with Gasteiger partial charge in [-0.1, -0.05) is 18.5 Å². The van der Waals surface area contributed by atoms with Crippen molar-refractivity contribution in [2.75, 3.05) is 11.4 Å². The number of amides is 1. The first kappa shape index (κ1) is 19.4. The SMILES string of the molecule is CCN1c2cc(Cl)c(/C=N\NC(=O)c3ccncc3)cc2C(C)CC1(C)C. The molecule has 1 atom stereocenters. The second kappa shape index (κ2) is 7.69. The van der Waals surface area contributed by atoms with Crippen molar-refractivity contribution in [3.63, 3.8) is 0 Å². The molecule has 0 bridgehead atoms. The molecule has 2 heterocycles. The van der Waals surface area contributed by atoms with Crippen molar-refractivity contribution in [2.24, 2.45) is 5.10 Å². The summed E-state index contributed by atoms with van der Waals surface area (Å²) in [7, 11) is 0. The number of fused-ring (bicyclic) bond motifs is 1. The minimum atomic E-state index is -0.282. The Labute approximate surface area is 165 Å². The second-order valence-corrected chi connectivity index (χ2v) is 7.94. The highest BCUT2D eigenvalue weighted by atomic mass is 35.5. The average molecular weight is 385 g/mol. The van der Waals surface area contributed by atoms with E-state index >= 15 is 0 Å². The molecule has 1 aromatic carbocycles. The fourth-order valence-corrected chi connectivity index (χ4v) is 4.15. The Kier molecular flexibility index (Phi) is 5.51. The first-order valence-electron chi connectivity index (χ1n) is 9.18. The lowest BCUT2D eigenvalue weighted by atomic mass is 9.79. The molecule has 27 heavy (non-hydrogen) atoms. The summed E-state index contributed by atoms with van der Waals surface area (Å²) in [5, 5.41) is 4.70. The van der Waals surface area contributed by atoms with Gasteiger partial charge in [-0.2, -0.15) is 5.10 Å². The van der Waals surface area contributed by atoms with Gasteiger partial charge in [0.2, 0.25) is 0 Å². The van der Waals surface area contributed by atoms with Gasteiger partial charge >= 0.3 is 0 Å². The van der Waals surface area contributed by atoms with Crippen molar-refractivity contribution in [3.8, 4) is 0 Å². The summed E-state index contributed by atoms with van der Waals surface area (Å²) in [6.45, 7) is 9.88. The van der Waals surface area contributed by atoms with Crippen molar-refractivity contribution < 1.29 is 4.79 Å². The molecule has 0 radical (unpaired) electrons. The van der Waals surface area contributed by atoms with Crippen LogP contribution in [0.1, 0.15) is 61.5 Å². The van der Waals surface area contributed by atoms with Crippen LogP contribution in [-0.2, 0) is 0 Å². The van der Waals surface area contributed by atoms with Crippen LogP contribution in [0, 0.1) is 0 Å². The Hall–Kier alpha value is -2.40. The van der Waals surface area contributed by atoms with Crippen LogP contribution in [0.15, 0.2) is 41.8 Å². The second-order valence-electron chi connectivity index (χ2n) is 7.53. The number of pyridine rings is 1. The van der Waals surface area contributed by atoms with Gasteiger partial charge in [0.25, 0.3) is 5.91 Å². The molecule has 142 valence electrons. The third kappa shape index (κ3) is 3.98. The predicted octanol–water partition coefficient (Wildman–Crippen LogP) is 4.61. The van der Waals surface area contributed by atoms with Crippen LogP contribution in [0.4, 0.5) is 5.69 Å². The Morgan fingerprint density at radius 2 is 2.11 bits per heavy atom. The number of halogens is 1.